The lowest BCUT2D eigenvalue weighted by Gasteiger charge is -2.13. The zero-order valence-electron chi connectivity index (χ0n) is 10.1. The number of halogens is 1. The molecule has 0 spiro atoms. The van der Waals surface area contributed by atoms with Crippen molar-refractivity contribution in [1.82, 2.24) is 0 Å². The molecule has 2 aromatic rings. The van der Waals surface area contributed by atoms with Crippen LogP contribution in [-0.4, -0.2) is 5.11 Å². The molecule has 1 aromatic heterocycles. The van der Waals surface area contributed by atoms with E-state index in [0.717, 1.165) is 15.6 Å². The summed E-state index contributed by atoms with van der Waals surface area (Å²) in [7, 11) is 0. The van der Waals surface area contributed by atoms with E-state index in [9.17, 15) is 5.11 Å². The molecular weight excluding hydrogens is 296 g/mol. The highest BCUT2D eigenvalue weighted by atomic mass is 79.9. The average molecular weight is 311 g/mol. The largest absolute Gasteiger partial charge is 0.384 e. The summed E-state index contributed by atoms with van der Waals surface area (Å²) < 4.78 is 0.966. The summed E-state index contributed by atoms with van der Waals surface area (Å²) in [4.78, 5) is 2.42. The highest BCUT2D eigenvalue weighted by Gasteiger charge is 2.17. The van der Waals surface area contributed by atoms with Crippen molar-refractivity contribution in [1.29, 1.82) is 0 Å². The van der Waals surface area contributed by atoms with E-state index >= 15 is 0 Å². The number of aliphatic hydroxyl groups excluding tert-OH is 1. The average Bonchev–Trinajstić information content (AvgIpc) is 2.57. The lowest BCUT2D eigenvalue weighted by Crippen LogP contribution is -2.01. The van der Waals surface area contributed by atoms with Crippen molar-refractivity contribution in [2.45, 2.75) is 26.9 Å². The fourth-order valence-electron chi connectivity index (χ4n) is 1.94. The summed E-state index contributed by atoms with van der Waals surface area (Å²) in [6.45, 7) is 6.16. The number of thiophene rings is 1. The van der Waals surface area contributed by atoms with E-state index < -0.39 is 6.10 Å². The van der Waals surface area contributed by atoms with Gasteiger partial charge in [-0.15, -0.1) is 11.3 Å². The Morgan fingerprint density at radius 1 is 1.12 bits per heavy atom. The van der Waals surface area contributed by atoms with Crippen LogP contribution >= 0.6 is 27.3 Å². The van der Waals surface area contributed by atoms with E-state index in [2.05, 4.69) is 35.8 Å². The van der Waals surface area contributed by atoms with Gasteiger partial charge in [-0.3, -0.25) is 0 Å². The Kier molecular flexibility index (Phi) is 3.71. The Labute approximate surface area is 114 Å². The maximum absolute atomic E-state index is 10.4. The molecule has 0 saturated heterocycles. The third kappa shape index (κ3) is 2.62. The van der Waals surface area contributed by atoms with E-state index in [-0.39, 0.29) is 0 Å². The third-order valence-corrected chi connectivity index (χ3v) is 4.49. The van der Waals surface area contributed by atoms with Crippen LogP contribution in [0.2, 0.25) is 0 Å². The van der Waals surface area contributed by atoms with E-state index in [1.165, 1.54) is 15.3 Å². The number of benzene rings is 1. The monoisotopic (exact) mass is 310 g/mol. The second-order valence-electron chi connectivity index (χ2n) is 4.30. The van der Waals surface area contributed by atoms with Crippen molar-refractivity contribution in [2.75, 3.05) is 0 Å². The first kappa shape index (κ1) is 12.8. The maximum atomic E-state index is 10.4. The second-order valence-corrected chi connectivity index (χ2v) is 6.61. The number of hydrogen-bond acceptors (Lipinski definition) is 2. The molecular formula is C14H15BrOS. The van der Waals surface area contributed by atoms with Crippen molar-refractivity contribution < 1.29 is 5.11 Å². The van der Waals surface area contributed by atoms with Gasteiger partial charge in [0.1, 0.15) is 6.10 Å². The number of hydrogen-bond donors (Lipinski definition) is 1. The van der Waals surface area contributed by atoms with Crippen LogP contribution in [-0.2, 0) is 0 Å². The van der Waals surface area contributed by atoms with Gasteiger partial charge in [0.15, 0.2) is 0 Å². The van der Waals surface area contributed by atoms with Gasteiger partial charge < -0.3 is 5.11 Å². The molecule has 0 amide bonds. The molecule has 0 saturated carbocycles. The maximum Gasteiger partial charge on any atom is 0.106 e. The molecule has 1 nitrogen and oxygen atoms in total. The van der Waals surface area contributed by atoms with Crippen LogP contribution in [0.3, 0.4) is 0 Å². The summed E-state index contributed by atoms with van der Waals surface area (Å²) >= 11 is 5.25. The summed E-state index contributed by atoms with van der Waals surface area (Å²) in [5, 5.41) is 10.4. The van der Waals surface area contributed by atoms with Gasteiger partial charge in [-0.2, -0.15) is 0 Å². The van der Waals surface area contributed by atoms with Gasteiger partial charge in [0, 0.05) is 14.2 Å². The number of rotatable bonds is 2. The Morgan fingerprint density at radius 3 is 2.35 bits per heavy atom. The van der Waals surface area contributed by atoms with Crippen molar-refractivity contribution in [3.8, 4) is 0 Å². The van der Waals surface area contributed by atoms with E-state index in [1.807, 2.05) is 25.1 Å². The first-order chi connectivity index (χ1) is 7.99. The van der Waals surface area contributed by atoms with Crippen molar-refractivity contribution in [3.05, 3.63) is 55.2 Å². The Balaban J connectivity index is 2.43. The molecule has 1 atom stereocenters. The van der Waals surface area contributed by atoms with Gasteiger partial charge in [0.05, 0.1) is 0 Å². The minimum Gasteiger partial charge on any atom is -0.384 e. The van der Waals surface area contributed by atoms with Crippen LogP contribution in [0.15, 0.2) is 28.7 Å². The molecule has 0 aliphatic carbocycles. The van der Waals surface area contributed by atoms with Crippen LogP contribution in [0.25, 0.3) is 0 Å². The number of aryl methyl sites for hydroxylation is 3. The molecule has 0 bridgehead atoms. The predicted molar refractivity (Wildman–Crippen MR) is 76.7 cm³/mol. The first-order valence-electron chi connectivity index (χ1n) is 5.50. The van der Waals surface area contributed by atoms with Crippen molar-refractivity contribution in [3.63, 3.8) is 0 Å². The molecule has 1 heterocycles. The molecule has 90 valence electrons. The highest BCUT2D eigenvalue weighted by Crippen LogP contribution is 2.34. The summed E-state index contributed by atoms with van der Waals surface area (Å²) in [6, 6.07) is 8.11. The molecule has 1 unspecified atom stereocenters. The fraction of sp³-hybridized carbons (Fsp3) is 0.286. The van der Waals surface area contributed by atoms with E-state index in [1.54, 1.807) is 11.3 Å². The Bertz CT molecular complexity index is 545. The lowest BCUT2D eigenvalue weighted by molar-refractivity contribution is 0.219. The SMILES string of the molecule is Cc1ccc(C(O)c2cc(C)sc2C)c(Br)c1. The molecule has 2 rings (SSSR count). The molecule has 17 heavy (non-hydrogen) atoms. The third-order valence-electron chi connectivity index (χ3n) is 2.82. The first-order valence-corrected chi connectivity index (χ1v) is 7.11. The van der Waals surface area contributed by atoms with Crippen molar-refractivity contribution >= 4 is 27.3 Å². The molecule has 0 fully saturated rings. The normalized spacial score (nSPS) is 12.8. The molecule has 0 aliphatic rings. The Hall–Kier alpha value is -0.640. The molecule has 3 heteroatoms. The van der Waals surface area contributed by atoms with Gasteiger partial charge in [-0.25, -0.2) is 0 Å². The zero-order valence-corrected chi connectivity index (χ0v) is 12.5. The quantitative estimate of drug-likeness (QED) is 0.864. The van der Waals surface area contributed by atoms with Crippen LogP contribution in [0.1, 0.15) is 32.5 Å². The zero-order chi connectivity index (χ0) is 12.6. The molecule has 1 aromatic carbocycles. The smallest absolute Gasteiger partial charge is 0.106 e. The minimum absolute atomic E-state index is 0.546. The topological polar surface area (TPSA) is 20.2 Å². The molecule has 1 N–H and O–H groups in total. The van der Waals surface area contributed by atoms with Crippen LogP contribution in [0.4, 0.5) is 0 Å². The van der Waals surface area contributed by atoms with Gasteiger partial charge in [-0.05, 0) is 49.6 Å². The van der Waals surface area contributed by atoms with Crippen LogP contribution in [0, 0.1) is 20.8 Å². The van der Waals surface area contributed by atoms with E-state index in [4.69, 9.17) is 0 Å². The number of aliphatic hydroxyl groups is 1. The lowest BCUT2D eigenvalue weighted by atomic mass is 10.0. The molecule has 0 aliphatic heterocycles. The van der Waals surface area contributed by atoms with Gasteiger partial charge in [-0.1, -0.05) is 28.1 Å². The summed E-state index contributed by atoms with van der Waals surface area (Å²) in [6.07, 6.45) is -0.546. The van der Waals surface area contributed by atoms with Gasteiger partial charge in [0.2, 0.25) is 0 Å². The Morgan fingerprint density at radius 2 is 1.82 bits per heavy atom. The summed E-state index contributed by atoms with van der Waals surface area (Å²) in [5.41, 5.74) is 3.12. The standard InChI is InChI=1S/C14H15BrOS/c1-8-4-5-11(13(15)6-8)14(16)12-7-9(2)17-10(12)3/h4-7,14,16H,1-3H3. The minimum atomic E-state index is -0.546. The predicted octanol–water partition coefficient (Wildman–Crippen LogP) is 4.52. The van der Waals surface area contributed by atoms with Crippen LogP contribution in [0.5, 0.6) is 0 Å². The summed E-state index contributed by atoms with van der Waals surface area (Å²) in [5.74, 6) is 0. The second kappa shape index (κ2) is 4.92. The van der Waals surface area contributed by atoms with Crippen LogP contribution < -0.4 is 0 Å². The van der Waals surface area contributed by atoms with E-state index in [0.29, 0.717) is 0 Å². The fourth-order valence-corrected chi connectivity index (χ4v) is 3.61. The van der Waals surface area contributed by atoms with Gasteiger partial charge in [0.25, 0.3) is 0 Å². The highest BCUT2D eigenvalue weighted by molar-refractivity contribution is 9.10. The van der Waals surface area contributed by atoms with Crippen molar-refractivity contribution in [2.24, 2.45) is 0 Å². The van der Waals surface area contributed by atoms with Gasteiger partial charge >= 0.3 is 0 Å². The molecule has 0 radical (unpaired) electrons.